The first-order chi connectivity index (χ1) is 8.04. The van der Waals surface area contributed by atoms with Crippen molar-refractivity contribution >= 4 is 10.0 Å². The summed E-state index contributed by atoms with van der Waals surface area (Å²) >= 11 is 0. The molecule has 0 aliphatic carbocycles. The zero-order valence-corrected chi connectivity index (χ0v) is 9.73. The van der Waals surface area contributed by atoms with Crippen molar-refractivity contribution in [2.45, 2.75) is 4.90 Å². The van der Waals surface area contributed by atoms with E-state index in [4.69, 9.17) is 9.88 Å². The van der Waals surface area contributed by atoms with Gasteiger partial charge in [0, 0.05) is 18.0 Å². The maximum absolute atomic E-state index is 11.5. The average Bonchev–Trinajstić information content (AvgIpc) is 2.80. The Hall–Kier alpha value is -1.93. The minimum Gasteiger partial charge on any atom is -0.480 e. The second-order valence-corrected chi connectivity index (χ2v) is 4.70. The van der Waals surface area contributed by atoms with Crippen molar-refractivity contribution in [1.29, 1.82) is 0 Å². The molecule has 8 heteroatoms. The van der Waals surface area contributed by atoms with Gasteiger partial charge >= 0.3 is 0 Å². The highest BCUT2D eigenvalue weighted by atomic mass is 32.2. The lowest BCUT2D eigenvalue weighted by molar-refractivity contribution is 0.385. The van der Waals surface area contributed by atoms with Crippen molar-refractivity contribution in [3.63, 3.8) is 0 Å². The third-order valence-corrected chi connectivity index (χ3v) is 3.09. The van der Waals surface area contributed by atoms with Crippen LogP contribution in [0.4, 0.5) is 0 Å². The summed E-state index contributed by atoms with van der Waals surface area (Å²) in [5.41, 5.74) is 0.801. The van der Waals surface area contributed by atoms with E-state index in [-0.39, 0.29) is 10.8 Å². The fraction of sp³-hybridized carbons (Fsp3) is 0.111. The Balaban J connectivity index is 2.77. The van der Waals surface area contributed by atoms with Crippen LogP contribution in [-0.4, -0.2) is 30.7 Å². The molecule has 0 aliphatic rings. The van der Waals surface area contributed by atoms with Crippen LogP contribution in [-0.2, 0) is 10.0 Å². The number of nitrogens with zero attached hydrogens (tertiary/aromatic N) is 2. The molecule has 90 valence electrons. The molecule has 0 aliphatic heterocycles. The van der Waals surface area contributed by atoms with Crippen LogP contribution in [0.5, 0.6) is 5.88 Å². The highest BCUT2D eigenvalue weighted by molar-refractivity contribution is 7.89. The molecule has 3 N–H and O–H groups in total. The predicted molar refractivity (Wildman–Crippen MR) is 59.7 cm³/mol. The van der Waals surface area contributed by atoms with Crippen molar-refractivity contribution in [3.8, 4) is 17.1 Å². The second-order valence-electron chi connectivity index (χ2n) is 3.20. The molecule has 2 heterocycles. The van der Waals surface area contributed by atoms with Crippen LogP contribution in [0.2, 0.25) is 0 Å². The lowest BCUT2D eigenvalue weighted by atomic mass is 10.2. The van der Waals surface area contributed by atoms with Gasteiger partial charge in [0.25, 0.3) is 0 Å². The van der Waals surface area contributed by atoms with E-state index < -0.39 is 10.0 Å². The van der Waals surface area contributed by atoms with Crippen LogP contribution in [0.15, 0.2) is 29.4 Å². The number of sulfonamides is 1. The first-order valence-corrected chi connectivity index (χ1v) is 6.14. The molecule has 0 amide bonds. The van der Waals surface area contributed by atoms with E-state index in [2.05, 4.69) is 15.2 Å². The molecule has 0 unspecified atom stereocenters. The largest absolute Gasteiger partial charge is 0.480 e. The highest BCUT2D eigenvalue weighted by Gasteiger charge is 2.22. The monoisotopic (exact) mass is 254 g/mol. The second kappa shape index (κ2) is 4.15. The Morgan fingerprint density at radius 1 is 1.41 bits per heavy atom. The van der Waals surface area contributed by atoms with Crippen molar-refractivity contribution < 1.29 is 13.2 Å². The Morgan fingerprint density at radius 2 is 2.18 bits per heavy atom. The van der Waals surface area contributed by atoms with E-state index >= 15 is 0 Å². The van der Waals surface area contributed by atoms with Gasteiger partial charge in [-0.2, -0.15) is 5.10 Å². The van der Waals surface area contributed by atoms with E-state index in [9.17, 15) is 8.42 Å². The van der Waals surface area contributed by atoms with Gasteiger partial charge in [-0.15, -0.1) is 0 Å². The van der Waals surface area contributed by atoms with Gasteiger partial charge in [0.1, 0.15) is 0 Å². The van der Waals surface area contributed by atoms with E-state index in [1.165, 1.54) is 19.4 Å². The fourth-order valence-electron chi connectivity index (χ4n) is 1.46. The molecule has 2 aromatic rings. The molecule has 0 saturated carbocycles. The first kappa shape index (κ1) is 11.6. The van der Waals surface area contributed by atoms with Crippen molar-refractivity contribution in [2.75, 3.05) is 7.11 Å². The maximum atomic E-state index is 11.5. The first-order valence-electron chi connectivity index (χ1n) is 4.60. The Bertz CT molecular complexity index is 622. The number of methoxy groups -OCH3 is 1. The zero-order chi connectivity index (χ0) is 12.5. The summed E-state index contributed by atoms with van der Waals surface area (Å²) in [6, 6.07) is 3.14. The number of H-pyrrole nitrogens is 1. The summed E-state index contributed by atoms with van der Waals surface area (Å²) in [6.45, 7) is 0. The molecule has 2 rings (SSSR count). The van der Waals surface area contributed by atoms with Gasteiger partial charge in [0.2, 0.25) is 15.9 Å². The quantitative estimate of drug-likeness (QED) is 0.808. The predicted octanol–water partition coefficient (Wildman–Crippen LogP) is 0.128. The molecular formula is C9H10N4O3S. The smallest absolute Gasteiger partial charge is 0.244 e. The number of pyridine rings is 1. The molecule has 17 heavy (non-hydrogen) atoms. The molecule has 0 bridgehead atoms. The molecule has 0 spiro atoms. The highest BCUT2D eigenvalue weighted by Crippen LogP contribution is 2.30. The molecular weight excluding hydrogens is 244 g/mol. The lowest BCUT2D eigenvalue weighted by Crippen LogP contribution is -2.15. The van der Waals surface area contributed by atoms with Gasteiger partial charge < -0.3 is 4.74 Å². The summed E-state index contributed by atoms with van der Waals surface area (Å²) < 4.78 is 28.0. The van der Waals surface area contributed by atoms with E-state index in [1.807, 2.05) is 0 Å². The minimum atomic E-state index is -3.94. The number of primary sulfonamides is 1. The van der Waals surface area contributed by atoms with Crippen LogP contribution in [0.25, 0.3) is 11.3 Å². The molecule has 0 atom stereocenters. The number of nitrogens with one attached hydrogen (secondary N) is 1. The van der Waals surface area contributed by atoms with E-state index in [0.29, 0.717) is 11.3 Å². The topological polar surface area (TPSA) is 111 Å². The van der Waals surface area contributed by atoms with Crippen molar-refractivity contribution in [2.24, 2.45) is 5.14 Å². The zero-order valence-electron chi connectivity index (χ0n) is 8.91. The average molecular weight is 254 g/mol. The van der Waals surface area contributed by atoms with E-state index in [1.54, 1.807) is 12.3 Å². The lowest BCUT2D eigenvalue weighted by Gasteiger charge is -2.08. The van der Waals surface area contributed by atoms with Gasteiger partial charge in [-0.05, 0) is 12.1 Å². The Morgan fingerprint density at radius 3 is 2.71 bits per heavy atom. The number of rotatable bonds is 3. The summed E-state index contributed by atoms with van der Waals surface area (Å²) in [6.07, 6.45) is 3.01. The van der Waals surface area contributed by atoms with Crippen LogP contribution in [0.3, 0.4) is 0 Å². The summed E-state index contributed by atoms with van der Waals surface area (Å²) in [7, 11) is -2.62. The van der Waals surface area contributed by atoms with Crippen LogP contribution in [0, 0.1) is 0 Å². The number of aromatic amines is 1. The molecule has 0 saturated heterocycles. The SMILES string of the molecule is COc1nccc(-c2cc[nH]n2)c1S(N)(=O)=O. The molecule has 2 aromatic heterocycles. The van der Waals surface area contributed by atoms with Crippen LogP contribution >= 0.6 is 0 Å². The standard InChI is InChI=1S/C9H10N4O3S/c1-16-9-8(17(10,14)15)6(2-4-11-9)7-3-5-12-13-7/h2-5H,1H3,(H,12,13)(H2,10,14,15). The third kappa shape index (κ3) is 2.12. The van der Waals surface area contributed by atoms with Gasteiger partial charge in [0.05, 0.1) is 12.8 Å². The summed E-state index contributed by atoms with van der Waals surface area (Å²) in [5, 5.41) is 11.7. The number of ether oxygens (including phenoxy) is 1. The van der Waals surface area contributed by atoms with Crippen molar-refractivity contribution in [1.82, 2.24) is 15.2 Å². The molecule has 0 radical (unpaired) electrons. The Labute approximate surface area is 97.7 Å². The summed E-state index contributed by atoms with van der Waals surface area (Å²) in [4.78, 5) is 3.64. The minimum absolute atomic E-state index is 0.0481. The molecule has 0 aromatic carbocycles. The third-order valence-electron chi connectivity index (χ3n) is 2.13. The number of nitrogens with two attached hydrogens (primary N) is 1. The number of hydrogen-bond donors (Lipinski definition) is 2. The van der Waals surface area contributed by atoms with Gasteiger partial charge in [-0.25, -0.2) is 18.5 Å². The van der Waals surface area contributed by atoms with Crippen LogP contribution < -0.4 is 9.88 Å². The molecule has 0 fully saturated rings. The van der Waals surface area contributed by atoms with E-state index in [0.717, 1.165) is 0 Å². The maximum Gasteiger partial charge on any atom is 0.244 e. The number of hydrogen-bond acceptors (Lipinski definition) is 5. The van der Waals surface area contributed by atoms with Gasteiger partial charge in [-0.3, -0.25) is 5.10 Å². The van der Waals surface area contributed by atoms with Crippen LogP contribution in [0.1, 0.15) is 0 Å². The summed E-state index contributed by atoms with van der Waals surface area (Å²) in [5.74, 6) is -0.0481. The van der Waals surface area contributed by atoms with Gasteiger partial charge in [0.15, 0.2) is 4.90 Å². The number of aromatic nitrogens is 3. The molecule has 7 nitrogen and oxygen atoms in total. The van der Waals surface area contributed by atoms with Crippen molar-refractivity contribution in [3.05, 3.63) is 24.5 Å². The fourth-order valence-corrected chi connectivity index (χ4v) is 2.32. The normalized spacial score (nSPS) is 11.4. The Kier molecular flexibility index (Phi) is 2.82. The van der Waals surface area contributed by atoms with Gasteiger partial charge in [-0.1, -0.05) is 0 Å².